The van der Waals surface area contributed by atoms with Gasteiger partial charge in [-0.1, -0.05) is 65.8 Å². The van der Waals surface area contributed by atoms with Gasteiger partial charge in [0, 0.05) is 0 Å². The van der Waals surface area contributed by atoms with Crippen molar-refractivity contribution in [3.8, 4) is 11.5 Å². The molecular formula is C25H36O2. The standard InChI is InChI=1S/C25H36O2/c1-24(2,3)20-10-14-22(15-11-20)26-18-8-7-9-19-27-23-16-12-21(13-17-23)25(4,5)6/h10-17H,7-9,18-19H2,1-6H3. The van der Waals surface area contributed by atoms with Gasteiger partial charge in [-0.05, 0) is 65.5 Å². The van der Waals surface area contributed by atoms with Crippen LogP contribution in [0.1, 0.15) is 71.9 Å². The summed E-state index contributed by atoms with van der Waals surface area (Å²) >= 11 is 0. The number of unbranched alkanes of at least 4 members (excludes halogenated alkanes) is 2. The summed E-state index contributed by atoms with van der Waals surface area (Å²) in [6.45, 7) is 14.9. The monoisotopic (exact) mass is 368 g/mol. The molecule has 0 spiro atoms. The molecule has 0 aliphatic rings. The van der Waals surface area contributed by atoms with Gasteiger partial charge in [0.2, 0.25) is 0 Å². The topological polar surface area (TPSA) is 18.5 Å². The van der Waals surface area contributed by atoms with Crippen LogP contribution in [-0.2, 0) is 10.8 Å². The summed E-state index contributed by atoms with van der Waals surface area (Å²) in [6, 6.07) is 16.9. The first-order valence-electron chi connectivity index (χ1n) is 10.1. The zero-order valence-electron chi connectivity index (χ0n) is 18.0. The molecule has 0 bridgehead atoms. The lowest BCUT2D eigenvalue weighted by Gasteiger charge is -2.19. The van der Waals surface area contributed by atoms with Crippen molar-refractivity contribution in [2.75, 3.05) is 13.2 Å². The Balaban J connectivity index is 1.60. The van der Waals surface area contributed by atoms with Crippen LogP contribution in [0.15, 0.2) is 48.5 Å². The molecular weight excluding hydrogens is 332 g/mol. The highest BCUT2D eigenvalue weighted by atomic mass is 16.5. The lowest BCUT2D eigenvalue weighted by atomic mass is 9.87. The van der Waals surface area contributed by atoms with Crippen molar-refractivity contribution in [3.05, 3.63) is 59.7 Å². The molecule has 0 aromatic heterocycles. The summed E-state index contributed by atoms with van der Waals surface area (Å²) in [7, 11) is 0. The summed E-state index contributed by atoms with van der Waals surface area (Å²) in [4.78, 5) is 0. The average Bonchev–Trinajstić information content (AvgIpc) is 2.60. The van der Waals surface area contributed by atoms with Crippen molar-refractivity contribution < 1.29 is 9.47 Å². The maximum Gasteiger partial charge on any atom is 0.119 e. The number of benzene rings is 2. The van der Waals surface area contributed by atoms with Crippen LogP contribution < -0.4 is 9.47 Å². The normalized spacial score (nSPS) is 12.1. The number of ether oxygens (including phenoxy) is 2. The first-order chi connectivity index (χ1) is 12.7. The van der Waals surface area contributed by atoms with Crippen molar-refractivity contribution in [2.24, 2.45) is 0 Å². The highest BCUT2D eigenvalue weighted by Gasteiger charge is 2.13. The van der Waals surface area contributed by atoms with Crippen LogP contribution in [0, 0.1) is 0 Å². The van der Waals surface area contributed by atoms with Crippen LogP contribution in [0.25, 0.3) is 0 Å². The maximum atomic E-state index is 5.84. The van der Waals surface area contributed by atoms with Gasteiger partial charge in [-0.15, -0.1) is 0 Å². The van der Waals surface area contributed by atoms with E-state index in [2.05, 4.69) is 90.1 Å². The number of hydrogen-bond acceptors (Lipinski definition) is 2. The molecule has 0 heterocycles. The molecule has 0 saturated heterocycles. The second-order valence-electron chi connectivity index (χ2n) is 9.31. The largest absolute Gasteiger partial charge is 0.494 e. The third-order valence-electron chi connectivity index (χ3n) is 4.77. The van der Waals surface area contributed by atoms with Gasteiger partial charge in [0.25, 0.3) is 0 Å². The van der Waals surface area contributed by atoms with E-state index in [0.29, 0.717) is 0 Å². The van der Waals surface area contributed by atoms with Gasteiger partial charge >= 0.3 is 0 Å². The van der Waals surface area contributed by atoms with Gasteiger partial charge in [-0.25, -0.2) is 0 Å². The Kier molecular flexibility index (Phi) is 7.35. The average molecular weight is 369 g/mol. The third-order valence-corrected chi connectivity index (χ3v) is 4.77. The quantitative estimate of drug-likeness (QED) is 0.471. The summed E-state index contributed by atoms with van der Waals surface area (Å²) in [5.74, 6) is 1.91. The Labute approximate surface area is 165 Å². The van der Waals surface area contributed by atoms with E-state index in [1.54, 1.807) is 0 Å². The van der Waals surface area contributed by atoms with Crippen molar-refractivity contribution in [2.45, 2.75) is 71.6 Å². The first-order valence-corrected chi connectivity index (χ1v) is 10.1. The molecule has 0 aliphatic carbocycles. The molecule has 0 fully saturated rings. The van der Waals surface area contributed by atoms with E-state index in [1.807, 2.05) is 0 Å². The molecule has 2 rings (SSSR count). The Morgan fingerprint density at radius 1 is 0.519 bits per heavy atom. The van der Waals surface area contributed by atoms with Crippen molar-refractivity contribution in [1.29, 1.82) is 0 Å². The second kappa shape index (κ2) is 9.30. The van der Waals surface area contributed by atoms with E-state index < -0.39 is 0 Å². The summed E-state index contributed by atoms with van der Waals surface area (Å²) in [6.07, 6.45) is 3.21. The van der Waals surface area contributed by atoms with Crippen molar-refractivity contribution in [1.82, 2.24) is 0 Å². The van der Waals surface area contributed by atoms with Gasteiger partial charge in [0.05, 0.1) is 13.2 Å². The van der Waals surface area contributed by atoms with Gasteiger partial charge in [0.1, 0.15) is 11.5 Å². The van der Waals surface area contributed by atoms with Crippen LogP contribution in [-0.4, -0.2) is 13.2 Å². The van der Waals surface area contributed by atoms with Gasteiger partial charge in [-0.2, -0.15) is 0 Å². The van der Waals surface area contributed by atoms with Crippen LogP contribution in [0.3, 0.4) is 0 Å². The minimum Gasteiger partial charge on any atom is -0.494 e. The smallest absolute Gasteiger partial charge is 0.119 e. The van der Waals surface area contributed by atoms with E-state index in [-0.39, 0.29) is 10.8 Å². The maximum absolute atomic E-state index is 5.84. The molecule has 2 aromatic carbocycles. The van der Waals surface area contributed by atoms with E-state index in [0.717, 1.165) is 44.0 Å². The molecule has 2 aromatic rings. The molecule has 2 heteroatoms. The third kappa shape index (κ3) is 7.28. The SMILES string of the molecule is CC(C)(C)c1ccc(OCCCCCOc2ccc(C(C)(C)C)cc2)cc1. The van der Waals surface area contributed by atoms with Gasteiger partial charge in [0.15, 0.2) is 0 Å². The Morgan fingerprint density at radius 3 is 1.15 bits per heavy atom. The van der Waals surface area contributed by atoms with E-state index in [9.17, 15) is 0 Å². The van der Waals surface area contributed by atoms with E-state index >= 15 is 0 Å². The summed E-state index contributed by atoms with van der Waals surface area (Å²) < 4.78 is 11.7. The zero-order valence-corrected chi connectivity index (χ0v) is 18.0. The van der Waals surface area contributed by atoms with Crippen molar-refractivity contribution >= 4 is 0 Å². The van der Waals surface area contributed by atoms with E-state index in [4.69, 9.17) is 9.47 Å². The molecule has 0 amide bonds. The molecule has 0 atom stereocenters. The Bertz CT molecular complexity index is 609. The highest BCUT2D eigenvalue weighted by molar-refractivity contribution is 5.31. The predicted molar refractivity (Wildman–Crippen MR) is 115 cm³/mol. The van der Waals surface area contributed by atoms with Crippen LogP contribution >= 0.6 is 0 Å². The fourth-order valence-corrected chi connectivity index (χ4v) is 2.86. The molecule has 0 saturated carbocycles. The molecule has 0 radical (unpaired) electrons. The number of rotatable bonds is 8. The van der Waals surface area contributed by atoms with Crippen LogP contribution in [0.2, 0.25) is 0 Å². The second-order valence-corrected chi connectivity index (χ2v) is 9.31. The minimum absolute atomic E-state index is 0.186. The first kappa shape index (κ1) is 21.3. The lowest BCUT2D eigenvalue weighted by Crippen LogP contribution is -2.10. The Hall–Kier alpha value is -1.96. The van der Waals surface area contributed by atoms with Crippen LogP contribution in [0.4, 0.5) is 0 Å². The molecule has 0 unspecified atom stereocenters. The molecule has 0 aliphatic heterocycles. The molecule has 2 nitrogen and oxygen atoms in total. The molecule has 27 heavy (non-hydrogen) atoms. The van der Waals surface area contributed by atoms with Crippen LogP contribution in [0.5, 0.6) is 11.5 Å². The van der Waals surface area contributed by atoms with Gasteiger partial charge < -0.3 is 9.47 Å². The number of hydrogen-bond donors (Lipinski definition) is 0. The predicted octanol–water partition coefficient (Wildman–Crippen LogP) is 6.91. The minimum atomic E-state index is 0.186. The molecule has 148 valence electrons. The summed E-state index contributed by atoms with van der Waals surface area (Å²) in [5, 5.41) is 0. The highest BCUT2D eigenvalue weighted by Crippen LogP contribution is 2.25. The van der Waals surface area contributed by atoms with Gasteiger partial charge in [-0.3, -0.25) is 0 Å². The Morgan fingerprint density at radius 2 is 0.852 bits per heavy atom. The fourth-order valence-electron chi connectivity index (χ4n) is 2.86. The molecule has 0 N–H and O–H groups in total. The van der Waals surface area contributed by atoms with E-state index in [1.165, 1.54) is 11.1 Å². The van der Waals surface area contributed by atoms with Crippen molar-refractivity contribution in [3.63, 3.8) is 0 Å². The fraction of sp³-hybridized carbons (Fsp3) is 0.520. The zero-order chi connectivity index (χ0) is 19.9. The summed E-state index contributed by atoms with van der Waals surface area (Å²) in [5.41, 5.74) is 3.04. The lowest BCUT2D eigenvalue weighted by molar-refractivity contribution is 0.279.